The van der Waals surface area contributed by atoms with Gasteiger partial charge in [0.05, 0.1) is 6.61 Å². The van der Waals surface area contributed by atoms with Crippen LogP contribution in [0.25, 0.3) is 0 Å². The first-order valence-corrected chi connectivity index (χ1v) is 4.86. The van der Waals surface area contributed by atoms with Crippen LogP contribution in [0.3, 0.4) is 0 Å². The van der Waals surface area contributed by atoms with Gasteiger partial charge in [0.1, 0.15) is 0 Å². The van der Waals surface area contributed by atoms with Crippen LogP contribution in [0.15, 0.2) is 0 Å². The van der Waals surface area contributed by atoms with Crippen LogP contribution in [-0.4, -0.2) is 36.2 Å². The predicted molar refractivity (Wildman–Crippen MR) is 50.3 cm³/mol. The zero-order valence-corrected chi connectivity index (χ0v) is 8.05. The lowest BCUT2D eigenvalue weighted by Crippen LogP contribution is -2.40. The molecular weight excluding hydrogens is 168 g/mol. The number of amides is 1. The van der Waals surface area contributed by atoms with E-state index >= 15 is 0 Å². The van der Waals surface area contributed by atoms with Crippen LogP contribution in [0.4, 0.5) is 0 Å². The van der Waals surface area contributed by atoms with Gasteiger partial charge in [-0.3, -0.25) is 4.79 Å². The van der Waals surface area contributed by atoms with Gasteiger partial charge in [0, 0.05) is 25.0 Å². The fourth-order valence-corrected chi connectivity index (χ4v) is 1.57. The Morgan fingerprint density at radius 2 is 2.54 bits per heavy atom. The zero-order chi connectivity index (χ0) is 9.68. The highest BCUT2D eigenvalue weighted by molar-refractivity contribution is 5.76. The van der Waals surface area contributed by atoms with Crippen LogP contribution in [0.1, 0.15) is 26.2 Å². The van der Waals surface area contributed by atoms with Crippen molar-refractivity contribution in [3.05, 3.63) is 0 Å². The normalized spacial score (nSPS) is 26.3. The van der Waals surface area contributed by atoms with E-state index in [1.807, 2.05) is 6.92 Å². The number of hydrogen-bond donors (Lipinski definition) is 3. The molecule has 1 heterocycles. The lowest BCUT2D eigenvalue weighted by molar-refractivity contribution is -0.121. The second-order valence-electron chi connectivity index (χ2n) is 3.64. The standard InChI is InChI=1S/C9H18N2O2/c1-7(6-12)11-8-3-2-4-10-9(13)5-8/h7-8,11-12H,2-6H2,1H3,(H,10,13). The molecule has 1 aliphatic rings. The smallest absolute Gasteiger partial charge is 0.221 e. The summed E-state index contributed by atoms with van der Waals surface area (Å²) in [5.74, 6) is 0.111. The van der Waals surface area contributed by atoms with Crippen molar-refractivity contribution in [3.8, 4) is 0 Å². The Balaban J connectivity index is 2.34. The quantitative estimate of drug-likeness (QED) is 0.563. The molecule has 0 bridgehead atoms. The van der Waals surface area contributed by atoms with E-state index in [1.54, 1.807) is 0 Å². The van der Waals surface area contributed by atoms with Gasteiger partial charge in [-0.15, -0.1) is 0 Å². The molecule has 2 unspecified atom stereocenters. The van der Waals surface area contributed by atoms with Crippen LogP contribution in [0, 0.1) is 0 Å². The highest BCUT2D eigenvalue weighted by Crippen LogP contribution is 2.06. The van der Waals surface area contributed by atoms with Gasteiger partial charge in [0.2, 0.25) is 5.91 Å². The van der Waals surface area contributed by atoms with E-state index in [0.29, 0.717) is 6.42 Å². The van der Waals surface area contributed by atoms with E-state index in [-0.39, 0.29) is 24.6 Å². The van der Waals surface area contributed by atoms with Gasteiger partial charge in [0.15, 0.2) is 0 Å². The topological polar surface area (TPSA) is 61.4 Å². The molecule has 0 radical (unpaired) electrons. The van der Waals surface area contributed by atoms with E-state index in [0.717, 1.165) is 19.4 Å². The summed E-state index contributed by atoms with van der Waals surface area (Å²) >= 11 is 0. The molecule has 4 nitrogen and oxygen atoms in total. The summed E-state index contributed by atoms with van der Waals surface area (Å²) in [5, 5.41) is 14.9. The summed E-state index contributed by atoms with van der Waals surface area (Å²) in [4.78, 5) is 11.1. The Kier molecular flexibility index (Phi) is 4.18. The van der Waals surface area contributed by atoms with Crippen molar-refractivity contribution in [2.24, 2.45) is 0 Å². The Morgan fingerprint density at radius 1 is 1.77 bits per heavy atom. The minimum Gasteiger partial charge on any atom is -0.395 e. The first kappa shape index (κ1) is 10.5. The minimum absolute atomic E-state index is 0.0795. The molecule has 1 aliphatic heterocycles. The molecule has 1 rings (SSSR count). The fourth-order valence-electron chi connectivity index (χ4n) is 1.57. The molecular formula is C9H18N2O2. The molecule has 2 atom stereocenters. The molecule has 1 fully saturated rings. The predicted octanol–water partition coefficient (Wildman–Crippen LogP) is -0.374. The molecule has 1 amide bonds. The number of aliphatic hydroxyl groups is 1. The van der Waals surface area contributed by atoms with Crippen LogP contribution in [-0.2, 0) is 4.79 Å². The van der Waals surface area contributed by atoms with Gasteiger partial charge >= 0.3 is 0 Å². The molecule has 0 aromatic rings. The summed E-state index contributed by atoms with van der Waals surface area (Å²) in [6.45, 7) is 2.82. The van der Waals surface area contributed by atoms with Crippen molar-refractivity contribution >= 4 is 5.91 Å². The summed E-state index contributed by atoms with van der Waals surface area (Å²) in [6, 6.07) is 0.306. The number of carbonyl (C=O) groups excluding carboxylic acids is 1. The lowest BCUT2D eigenvalue weighted by Gasteiger charge is -2.19. The van der Waals surface area contributed by atoms with Crippen molar-refractivity contribution < 1.29 is 9.90 Å². The second-order valence-corrected chi connectivity index (χ2v) is 3.64. The molecule has 0 aliphatic carbocycles. The summed E-state index contributed by atoms with van der Waals surface area (Å²) < 4.78 is 0. The first-order valence-electron chi connectivity index (χ1n) is 4.86. The Labute approximate surface area is 78.7 Å². The Bertz CT molecular complexity index is 173. The van der Waals surface area contributed by atoms with Crippen molar-refractivity contribution in [2.75, 3.05) is 13.2 Å². The minimum atomic E-state index is 0.0795. The molecule has 4 heteroatoms. The number of aliphatic hydroxyl groups excluding tert-OH is 1. The molecule has 13 heavy (non-hydrogen) atoms. The first-order chi connectivity index (χ1) is 6.22. The van der Waals surface area contributed by atoms with E-state index < -0.39 is 0 Å². The Hall–Kier alpha value is -0.610. The van der Waals surface area contributed by atoms with Crippen molar-refractivity contribution in [1.82, 2.24) is 10.6 Å². The average Bonchev–Trinajstić information content (AvgIpc) is 2.30. The van der Waals surface area contributed by atoms with Gasteiger partial charge in [-0.2, -0.15) is 0 Å². The maximum Gasteiger partial charge on any atom is 0.221 e. The summed E-state index contributed by atoms with van der Waals surface area (Å²) in [5.41, 5.74) is 0. The second kappa shape index (κ2) is 5.19. The third-order valence-electron chi connectivity index (χ3n) is 2.28. The molecule has 0 saturated carbocycles. The highest BCUT2D eigenvalue weighted by atomic mass is 16.3. The van der Waals surface area contributed by atoms with E-state index in [9.17, 15) is 4.79 Å². The molecule has 0 aromatic carbocycles. The van der Waals surface area contributed by atoms with Crippen molar-refractivity contribution in [2.45, 2.75) is 38.3 Å². The van der Waals surface area contributed by atoms with Crippen LogP contribution in [0.5, 0.6) is 0 Å². The average molecular weight is 186 g/mol. The molecule has 0 spiro atoms. The molecule has 1 saturated heterocycles. The van der Waals surface area contributed by atoms with Crippen LogP contribution < -0.4 is 10.6 Å². The van der Waals surface area contributed by atoms with E-state index in [1.165, 1.54) is 0 Å². The summed E-state index contributed by atoms with van der Waals surface area (Å²) in [7, 11) is 0. The third kappa shape index (κ3) is 3.74. The van der Waals surface area contributed by atoms with Gasteiger partial charge in [-0.25, -0.2) is 0 Å². The van der Waals surface area contributed by atoms with Gasteiger partial charge in [-0.05, 0) is 19.8 Å². The Morgan fingerprint density at radius 3 is 3.23 bits per heavy atom. The lowest BCUT2D eigenvalue weighted by atomic mass is 10.1. The van der Waals surface area contributed by atoms with Gasteiger partial charge in [-0.1, -0.05) is 0 Å². The highest BCUT2D eigenvalue weighted by Gasteiger charge is 2.18. The molecule has 0 aromatic heterocycles. The van der Waals surface area contributed by atoms with Crippen LogP contribution in [0.2, 0.25) is 0 Å². The van der Waals surface area contributed by atoms with E-state index in [2.05, 4.69) is 10.6 Å². The largest absolute Gasteiger partial charge is 0.395 e. The maximum atomic E-state index is 11.1. The van der Waals surface area contributed by atoms with E-state index in [4.69, 9.17) is 5.11 Å². The van der Waals surface area contributed by atoms with Crippen molar-refractivity contribution in [1.29, 1.82) is 0 Å². The SMILES string of the molecule is CC(CO)NC1CCCNC(=O)C1. The number of rotatable bonds is 3. The fraction of sp³-hybridized carbons (Fsp3) is 0.889. The monoisotopic (exact) mass is 186 g/mol. The zero-order valence-electron chi connectivity index (χ0n) is 8.05. The molecule has 3 N–H and O–H groups in total. The summed E-state index contributed by atoms with van der Waals surface area (Å²) in [6.07, 6.45) is 2.55. The van der Waals surface area contributed by atoms with Gasteiger partial charge < -0.3 is 15.7 Å². The van der Waals surface area contributed by atoms with Crippen LogP contribution >= 0.6 is 0 Å². The number of hydrogen-bond acceptors (Lipinski definition) is 3. The maximum absolute atomic E-state index is 11.1. The number of nitrogens with one attached hydrogen (secondary N) is 2. The van der Waals surface area contributed by atoms with Crippen molar-refractivity contribution in [3.63, 3.8) is 0 Å². The number of carbonyl (C=O) groups is 1. The molecule has 76 valence electrons. The van der Waals surface area contributed by atoms with Gasteiger partial charge in [0.25, 0.3) is 0 Å². The third-order valence-corrected chi connectivity index (χ3v) is 2.28.